The van der Waals surface area contributed by atoms with Crippen LogP contribution in [0.25, 0.3) is 0 Å². The van der Waals surface area contributed by atoms with Gasteiger partial charge in [0.1, 0.15) is 17.8 Å². The standard InChI is InChI=1S/C28H33N7/c1-33(2)27-21-25(30-24-13-7-6-12-23(24)20-22-10-4-3-5-11-22)31-28(32-27)35-18-16-34(17-19-35)26-14-8-9-15-29-26/h3-15,25,30H,16-21H2,1-2H3. The molecule has 2 aliphatic heterocycles. The smallest absolute Gasteiger partial charge is 0.224 e. The van der Waals surface area contributed by atoms with Crippen LogP contribution in [0, 0.1) is 0 Å². The third-order valence-corrected chi connectivity index (χ3v) is 6.51. The van der Waals surface area contributed by atoms with Crippen LogP contribution < -0.4 is 10.2 Å². The maximum atomic E-state index is 5.06. The first-order chi connectivity index (χ1) is 17.2. The minimum Gasteiger partial charge on any atom is -0.366 e. The van der Waals surface area contributed by atoms with Gasteiger partial charge in [0, 0.05) is 58.6 Å². The maximum absolute atomic E-state index is 5.06. The van der Waals surface area contributed by atoms with Gasteiger partial charge in [-0.1, -0.05) is 54.6 Å². The number of hydrogen-bond donors (Lipinski definition) is 1. The molecule has 7 heteroatoms. The summed E-state index contributed by atoms with van der Waals surface area (Å²) in [6, 6.07) is 25.2. The fourth-order valence-electron chi connectivity index (χ4n) is 4.55. The Hall–Kier alpha value is -3.87. The molecule has 0 radical (unpaired) electrons. The number of nitrogens with one attached hydrogen (secondary N) is 1. The van der Waals surface area contributed by atoms with Crippen LogP contribution in [0.15, 0.2) is 89.0 Å². The third kappa shape index (κ3) is 5.62. The highest BCUT2D eigenvalue weighted by molar-refractivity contribution is 5.98. The predicted octanol–water partition coefficient (Wildman–Crippen LogP) is 3.95. The van der Waals surface area contributed by atoms with E-state index < -0.39 is 0 Å². The summed E-state index contributed by atoms with van der Waals surface area (Å²) in [6.45, 7) is 3.55. The van der Waals surface area contributed by atoms with Gasteiger partial charge >= 0.3 is 0 Å². The van der Waals surface area contributed by atoms with Gasteiger partial charge in [-0.3, -0.25) is 0 Å². The molecule has 180 valence electrons. The molecule has 0 bridgehead atoms. The first-order valence-electron chi connectivity index (χ1n) is 12.3. The van der Waals surface area contributed by atoms with E-state index in [0.717, 1.165) is 62.3 Å². The summed E-state index contributed by atoms with van der Waals surface area (Å²) < 4.78 is 0. The van der Waals surface area contributed by atoms with E-state index in [1.165, 1.54) is 11.1 Å². The summed E-state index contributed by atoms with van der Waals surface area (Å²) in [5.41, 5.74) is 3.70. The van der Waals surface area contributed by atoms with Crippen molar-refractivity contribution in [2.75, 3.05) is 50.5 Å². The molecule has 5 rings (SSSR count). The SMILES string of the molecule is CN(C)C1=NC(N2CCN(c3ccccn3)CC2)=NC(Nc2ccccc2Cc2ccccc2)C1. The van der Waals surface area contributed by atoms with E-state index in [1.807, 2.05) is 18.3 Å². The fraction of sp³-hybridized carbons (Fsp3) is 0.321. The second-order valence-electron chi connectivity index (χ2n) is 9.20. The van der Waals surface area contributed by atoms with E-state index in [2.05, 4.69) is 99.8 Å². The van der Waals surface area contributed by atoms with Crippen LogP contribution in [0.3, 0.4) is 0 Å². The number of pyridine rings is 1. The molecule has 1 atom stereocenters. The summed E-state index contributed by atoms with van der Waals surface area (Å²) >= 11 is 0. The lowest BCUT2D eigenvalue weighted by Gasteiger charge is -2.37. The second kappa shape index (κ2) is 10.6. The van der Waals surface area contributed by atoms with Gasteiger partial charge in [-0.05, 0) is 35.7 Å². The Balaban J connectivity index is 1.32. The molecule has 1 unspecified atom stereocenters. The van der Waals surface area contributed by atoms with Crippen LogP contribution in [0.2, 0.25) is 0 Å². The van der Waals surface area contributed by atoms with Crippen molar-refractivity contribution in [2.24, 2.45) is 9.98 Å². The molecule has 0 spiro atoms. The summed E-state index contributed by atoms with van der Waals surface area (Å²) in [4.78, 5) is 21.2. The zero-order valence-electron chi connectivity index (χ0n) is 20.5. The number of piperazine rings is 1. The van der Waals surface area contributed by atoms with Crippen molar-refractivity contribution in [1.82, 2.24) is 14.8 Å². The molecule has 7 nitrogen and oxygen atoms in total. The van der Waals surface area contributed by atoms with Crippen molar-refractivity contribution < 1.29 is 0 Å². The zero-order valence-corrected chi connectivity index (χ0v) is 20.5. The number of benzene rings is 2. The van der Waals surface area contributed by atoms with Crippen molar-refractivity contribution in [1.29, 1.82) is 0 Å². The molecule has 3 heterocycles. The number of rotatable bonds is 5. The number of aromatic nitrogens is 1. The van der Waals surface area contributed by atoms with Gasteiger partial charge in [-0.2, -0.15) is 0 Å². The van der Waals surface area contributed by atoms with Gasteiger partial charge in [0.05, 0.1) is 0 Å². The Morgan fingerprint density at radius 1 is 0.857 bits per heavy atom. The average molecular weight is 468 g/mol. The molecule has 0 saturated carbocycles. The van der Waals surface area contributed by atoms with Crippen LogP contribution in [-0.2, 0) is 6.42 Å². The molecule has 2 aromatic carbocycles. The number of aliphatic imine (C=N–C) groups is 2. The van der Waals surface area contributed by atoms with Crippen molar-refractivity contribution in [3.05, 3.63) is 90.1 Å². The number of nitrogens with zero attached hydrogens (tertiary/aromatic N) is 6. The Bertz CT molecular complexity index is 1170. The van der Waals surface area contributed by atoms with Gasteiger partial charge < -0.3 is 20.0 Å². The second-order valence-corrected chi connectivity index (χ2v) is 9.20. The van der Waals surface area contributed by atoms with Crippen molar-refractivity contribution in [2.45, 2.75) is 19.0 Å². The molecular weight excluding hydrogens is 434 g/mol. The van der Waals surface area contributed by atoms with Gasteiger partial charge in [0.2, 0.25) is 5.96 Å². The predicted molar refractivity (Wildman–Crippen MR) is 144 cm³/mol. The van der Waals surface area contributed by atoms with Crippen molar-refractivity contribution >= 4 is 23.3 Å². The zero-order chi connectivity index (χ0) is 24.0. The lowest BCUT2D eigenvalue weighted by molar-refractivity contribution is 0.376. The highest BCUT2D eigenvalue weighted by atomic mass is 15.4. The largest absolute Gasteiger partial charge is 0.366 e. The molecule has 35 heavy (non-hydrogen) atoms. The van der Waals surface area contributed by atoms with Crippen LogP contribution in [0.1, 0.15) is 17.5 Å². The van der Waals surface area contributed by atoms with Crippen LogP contribution in [-0.4, -0.2) is 73.0 Å². The minimum atomic E-state index is -0.0642. The molecule has 1 aromatic heterocycles. The molecular formula is C28H33N7. The molecule has 3 aromatic rings. The highest BCUT2D eigenvalue weighted by Gasteiger charge is 2.26. The van der Waals surface area contributed by atoms with Crippen LogP contribution in [0.5, 0.6) is 0 Å². The minimum absolute atomic E-state index is 0.0642. The first-order valence-corrected chi connectivity index (χ1v) is 12.3. The number of guanidine groups is 1. The Kier molecular flexibility index (Phi) is 6.93. The van der Waals surface area contributed by atoms with Gasteiger partial charge in [-0.25, -0.2) is 15.0 Å². The number of para-hydroxylation sites is 1. The van der Waals surface area contributed by atoms with Gasteiger partial charge in [0.15, 0.2) is 0 Å². The van der Waals surface area contributed by atoms with E-state index in [-0.39, 0.29) is 6.17 Å². The molecule has 1 fully saturated rings. The summed E-state index contributed by atoms with van der Waals surface area (Å²) in [6.07, 6.45) is 3.43. The van der Waals surface area contributed by atoms with Gasteiger partial charge in [-0.15, -0.1) is 0 Å². The third-order valence-electron chi connectivity index (χ3n) is 6.51. The normalized spacial score (nSPS) is 18.1. The van der Waals surface area contributed by atoms with Gasteiger partial charge in [0.25, 0.3) is 0 Å². The lowest BCUT2D eigenvalue weighted by atomic mass is 10.0. The summed E-state index contributed by atoms with van der Waals surface area (Å²) in [7, 11) is 4.11. The quantitative estimate of drug-likeness (QED) is 0.616. The summed E-state index contributed by atoms with van der Waals surface area (Å²) in [5.74, 6) is 2.89. The van der Waals surface area contributed by atoms with E-state index >= 15 is 0 Å². The number of hydrogen-bond acceptors (Lipinski definition) is 7. The molecule has 2 aliphatic rings. The monoisotopic (exact) mass is 467 g/mol. The maximum Gasteiger partial charge on any atom is 0.224 e. The molecule has 0 aliphatic carbocycles. The van der Waals surface area contributed by atoms with Crippen LogP contribution >= 0.6 is 0 Å². The fourth-order valence-corrected chi connectivity index (χ4v) is 4.55. The topological polar surface area (TPSA) is 59.4 Å². The van der Waals surface area contributed by atoms with E-state index in [9.17, 15) is 0 Å². The number of amidine groups is 1. The Labute approximate surface area is 207 Å². The van der Waals surface area contributed by atoms with E-state index in [0.29, 0.717) is 0 Å². The van der Waals surface area contributed by atoms with E-state index in [4.69, 9.17) is 9.98 Å². The first kappa shape index (κ1) is 22.9. The number of anilines is 2. The molecule has 0 amide bonds. The van der Waals surface area contributed by atoms with E-state index in [1.54, 1.807) is 0 Å². The molecule has 1 saturated heterocycles. The Morgan fingerprint density at radius 2 is 1.57 bits per heavy atom. The Morgan fingerprint density at radius 3 is 2.31 bits per heavy atom. The lowest BCUT2D eigenvalue weighted by Crippen LogP contribution is -2.50. The van der Waals surface area contributed by atoms with Crippen LogP contribution in [0.4, 0.5) is 11.5 Å². The van der Waals surface area contributed by atoms with Crippen molar-refractivity contribution in [3.63, 3.8) is 0 Å². The van der Waals surface area contributed by atoms with Crippen molar-refractivity contribution in [3.8, 4) is 0 Å². The average Bonchev–Trinajstić information content (AvgIpc) is 2.91. The molecule has 1 N–H and O–H groups in total. The highest BCUT2D eigenvalue weighted by Crippen LogP contribution is 2.23. The summed E-state index contributed by atoms with van der Waals surface area (Å²) in [5, 5.41) is 3.72.